The summed E-state index contributed by atoms with van der Waals surface area (Å²) in [4.78, 5) is 0. The molecular weight excluding hydrogens is 356 g/mol. The van der Waals surface area contributed by atoms with Gasteiger partial charge in [0.1, 0.15) is 11.5 Å². The second-order valence-corrected chi connectivity index (χ2v) is 7.66. The third-order valence-electron chi connectivity index (χ3n) is 6.04. The summed E-state index contributed by atoms with van der Waals surface area (Å²) in [5.41, 5.74) is 6.60. The summed E-state index contributed by atoms with van der Waals surface area (Å²) in [7, 11) is 3.42. The van der Waals surface area contributed by atoms with Gasteiger partial charge in [0.2, 0.25) is 0 Å². The van der Waals surface area contributed by atoms with Gasteiger partial charge in [0.15, 0.2) is 0 Å². The van der Waals surface area contributed by atoms with E-state index >= 15 is 0 Å². The SMILES string of the molecule is CCc1c[c]cc(CC)c1CC(C)(c1ccc(OC)cc1)c1ccc(OC)cc1. The fourth-order valence-corrected chi connectivity index (χ4v) is 4.12. The lowest BCUT2D eigenvalue weighted by atomic mass is 9.70. The van der Waals surface area contributed by atoms with E-state index in [2.05, 4.69) is 87.5 Å². The molecule has 3 rings (SSSR count). The van der Waals surface area contributed by atoms with Gasteiger partial charge in [0, 0.05) is 5.41 Å². The molecule has 0 bridgehead atoms. The van der Waals surface area contributed by atoms with Crippen molar-refractivity contribution in [3.63, 3.8) is 0 Å². The summed E-state index contributed by atoms with van der Waals surface area (Å²) in [6.45, 7) is 6.79. The number of hydrogen-bond acceptors (Lipinski definition) is 2. The molecule has 0 amide bonds. The summed E-state index contributed by atoms with van der Waals surface area (Å²) >= 11 is 0. The Balaban J connectivity index is 2.15. The van der Waals surface area contributed by atoms with Gasteiger partial charge in [-0.1, -0.05) is 57.2 Å². The summed E-state index contributed by atoms with van der Waals surface area (Å²) in [5.74, 6) is 1.76. The standard InChI is InChI=1S/C27H31O2/c1-6-20-9-8-10-21(7-2)26(20)19-27(3,22-11-15-24(28-4)16-12-22)23-13-17-25(29-5)18-14-23/h9-18H,6-7,19H2,1-5H3. The quantitative estimate of drug-likeness (QED) is 0.460. The van der Waals surface area contributed by atoms with Crippen molar-refractivity contribution in [2.75, 3.05) is 14.2 Å². The molecule has 0 saturated heterocycles. The zero-order valence-electron chi connectivity index (χ0n) is 18.2. The third kappa shape index (κ3) is 4.32. The lowest BCUT2D eigenvalue weighted by molar-refractivity contribution is 0.413. The summed E-state index contributed by atoms with van der Waals surface area (Å²) in [5, 5.41) is 0. The van der Waals surface area contributed by atoms with Crippen molar-refractivity contribution in [2.45, 2.75) is 45.4 Å². The van der Waals surface area contributed by atoms with E-state index in [0.29, 0.717) is 0 Å². The van der Waals surface area contributed by atoms with Crippen LogP contribution < -0.4 is 9.47 Å². The van der Waals surface area contributed by atoms with E-state index in [0.717, 1.165) is 30.8 Å². The Labute approximate surface area is 175 Å². The normalized spacial score (nSPS) is 11.3. The molecule has 0 heterocycles. The minimum absolute atomic E-state index is 0.173. The van der Waals surface area contributed by atoms with E-state index in [1.807, 2.05) is 0 Å². The zero-order chi connectivity index (χ0) is 20.9. The Morgan fingerprint density at radius 3 is 1.48 bits per heavy atom. The first-order chi connectivity index (χ1) is 14.0. The highest BCUT2D eigenvalue weighted by Gasteiger charge is 2.31. The van der Waals surface area contributed by atoms with Crippen molar-refractivity contribution in [3.8, 4) is 11.5 Å². The van der Waals surface area contributed by atoms with Gasteiger partial charge in [-0.2, -0.15) is 0 Å². The van der Waals surface area contributed by atoms with Crippen LogP contribution in [0.3, 0.4) is 0 Å². The second-order valence-electron chi connectivity index (χ2n) is 7.66. The van der Waals surface area contributed by atoms with Crippen LogP contribution in [0.15, 0.2) is 60.7 Å². The van der Waals surface area contributed by atoms with Crippen LogP contribution in [0.2, 0.25) is 0 Å². The van der Waals surface area contributed by atoms with E-state index in [4.69, 9.17) is 9.47 Å². The molecule has 0 aliphatic carbocycles. The Hall–Kier alpha value is -2.74. The van der Waals surface area contributed by atoms with Crippen LogP contribution in [0.5, 0.6) is 11.5 Å². The third-order valence-corrected chi connectivity index (χ3v) is 6.04. The molecule has 29 heavy (non-hydrogen) atoms. The highest BCUT2D eigenvalue weighted by Crippen LogP contribution is 2.38. The maximum Gasteiger partial charge on any atom is 0.118 e. The smallest absolute Gasteiger partial charge is 0.118 e. The van der Waals surface area contributed by atoms with Crippen molar-refractivity contribution in [1.29, 1.82) is 0 Å². The second kappa shape index (κ2) is 9.17. The van der Waals surface area contributed by atoms with Crippen molar-refractivity contribution in [2.24, 2.45) is 0 Å². The number of hydrogen-bond donors (Lipinski definition) is 0. The first-order valence-corrected chi connectivity index (χ1v) is 10.4. The summed E-state index contributed by atoms with van der Waals surface area (Å²) in [6, 6.07) is 24.6. The highest BCUT2D eigenvalue weighted by molar-refractivity contribution is 5.47. The Morgan fingerprint density at radius 2 is 1.14 bits per heavy atom. The lowest BCUT2D eigenvalue weighted by Gasteiger charge is -2.33. The molecule has 3 aromatic carbocycles. The number of ether oxygens (including phenoxy) is 2. The molecule has 0 N–H and O–H groups in total. The van der Waals surface area contributed by atoms with Crippen molar-refractivity contribution in [1.82, 2.24) is 0 Å². The minimum Gasteiger partial charge on any atom is -0.497 e. The van der Waals surface area contributed by atoms with Crippen LogP contribution in [0.4, 0.5) is 0 Å². The fraction of sp³-hybridized carbons (Fsp3) is 0.333. The highest BCUT2D eigenvalue weighted by atomic mass is 16.5. The molecule has 0 aliphatic heterocycles. The van der Waals surface area contributed by atoms with Gasteiger partial charge in [-0.25, -0.2) is 0 Å². The van der Waals surface area contributed by atoms with Crippen molar-refractivity contribution in [3.05, 3.63) is 94.5 Å². The van der Waals surface area contributed by atoms with Gasteiger partial charge in [0.05, 0.1) is 14.2 Å². The van der Waals surface area contributed by atoms with Crippen LogP contribution in [0, 0.1) is 6.07 Å². The molecule has 0 unspecified atom stereocenters. The van der Waals surface area contributed by atoms with E-state index in [-0.39, 0.29) is 5.41 Å². The predicted molar refractivity (Wildman–Crippen MR) is 120 cm³/mol. The van der Waals surface area contributed by atoms with Gasteiger partial charge in [0.25, 0.3) is 0 Å². The van der Waals surface area contributed by atoms with Gasteiger partial charge in [-0.3, -0.25) is 0 Å². The van der Waals surface area contributed by atoms with Crippen LogP contribution >= 0.6 is 0 Å². The molecule has 2 heteroatoms. The van der Waals surface area contributed by atoms with Crippen molar-refractivity contribution < 1.29 is 9.47 Å². The molecule has 2 nitrogen and oxygen atoms in total. The average Bonchev–Trinajstić information content (AvgIpc) is 2.79. The topological polar surface area (TPSA) is 18.5 Å². The fourth-order valence-electron chi connectivity index (χ4n) is 4.12. The molecule has 0 fully saturated rings. The number of rotatable bonds is 8. The molecule has 1 radical (unpaired) electrons. The number of aryl methyl sites for hydroxylation is 2. The van der Waals surface area contributed by atoms with Gasteiger partial charge >= 0.3 is 0 Å². The van der Waals surface area contributed by atoms with Gasteiger partial charge in [-0.15, -0.1) is 0 Å². The first kappa shape index (κ1) is 21.0. The predicted octanol–water partition coefficient (Wildman–Crippen LogP) is 6.18. The van der Waals surface area contributed by atoms with Crippen LogP contribution in [0.25, 0.3) is 0 Å². The Bertz CT molecular complexity index is 854. The monoisotopic (exact) mass is 387 g/mol. The lowest BCUT2D eigenvalue weighted by Crippen LogP contribution is -2.28. The molecule has 151 valence electrons. The van der Waals surface area contributed by atoms with Crippen LogP contribution in [-0.4, -0.2) is 14.2 Å². The van der Waals surface area contributed by atoms with Crippen LogP contribution in [-0.2, 0) is 24.7 Å². The molecule has 0 aromatic heterocycles. The van der Waals surface area contributed by atoms with Gasteiger partial charge < -0.3 is 9.47 Å². The molecule has 0 saturated carbocycles. The van der Waals surface area contributed by atoms with Crippen LogP contribution in [0.1, 0.15) is 48.6 Å². The van der Waals surface area contributed by atoms with E-state index < -0.39 is 0 Å². The number of benzene rings is 3. The summed E-state index contributed by atoms with van der Waals surface area (Å²) < 4.78 is 10.8. The van der Waals surface area contributed by atoms with E-state index in [1.54, 1.807) is 14.2 Å². The minimum atomic E-state index is -0.173. The summed E-state index contributed by atoms with van der Waals surface area (Å²) in [6.07, 6.45) is 2.97. The largest absolute Gasteiger partial charge is 0.497 e. The molecule has 0 aliphatic rings. The van der Waals surface area contributed by atoms with E-state index in [1.165, 1.54) is 27.8 Å². The van der Waals surface area contributed by atoms with Crippen molar-refractivity contribution >= 4 is 0 Å². The average molecular weight is 388 g/mol. The Kier molecular flexibility index (Phi) is 6.64. The van der Waals surface area contributed by atoms with E-state index in [9.17, 15) is 0 Å². The maximum absolute atomic E-state index is 5.39. The molecule has 0 spiro atoms. The molecule has 3 aromatic rings. The maximum atomic E-state index is 5.39. The zero-order valence-corrected chi connectivity index (χ0v) is 18.2. The molecule has 0 atom stereocenters. The first-order valence-electron chi connectivity index (χ1n) is 10.4. The van der Waals surface area contributed by atoms with Gasteiger partial charge in [-0.05, 0) is 77.4 Å². The Morgan fingerprint density at radius 1 is 0.724 bits per heavy atom. The molecular formula is C27H31O2. The number of methoxy groups -OCH3 is 2.